The van der Waals surface area contributed by atoms with Crippen LogP contribution in [0.15, 0.2) is 7.57 Å². The third kappa shape index (κ3) is 12.9. The quantitative estimate of drug-likeness (QED) is 0.121. The van der Waals surface area contributed by atoms with Crippen molar-refractivity contribution in [1.82, 2.24) is 9.97 Å². The van der Waals surface area contributed by atoms with Gasteiger partial charge in [-0.25, -0.2) is 9.97 Å². The van der Waals surface area contributed by atoms with Gasteiger partial charge in [0.2, 0.25) is 0 Å². The Morgan fingerprint density at radius 2 is 0.743 bits per heavy atom. The second kappa shape index (κ2) is 20.0. The summed E-state index contributed by atoms with van der Waals surface area (Å²) >= 11 is 9.10. The average molecular weight is 631 g/mol. The fraction of sp³-hybridized carbons (Fsp3) is 0.800. The van der Waals surface area contributed by atoms with Crippen LogP contribution >= 0.6 is 43.2 Å². The zero-order chi connectivity index (χ0) is 25.1. The molecule has 2 nitrogen and oxygen atoms in total. The summed E-state index contributed by atoms with van der Waals surface area (Å²) in [7, 11) is 0. The highest BCUT2D eigenvalue weighted by atomic mass is 79.9. The lowest BCUT2D eigenvalue weighted by molar-refractivity contribution is 0.551. The summed E-state index contributed by atoms with van der Waals surface area (Å²) in [6.45, 7) is 4.58. The number of aryl methyl sites for hydroxylation is 2. The highest BCUT2D eigenvalue weighted by molar-refractivity contribution is 9.12. The number of halogens is 2. The number of rotatable bonds is 22. The molecule has 0 saturated heterocycles. The fourth-order valence-corrected chi connectivity index (χ4v) is 7.73. The van der Waals surface area contributed by atoms with Crippen molar-refractivity contribution in [1.29, 1.82) is 0 Å². The second-order valence-electron chi connectivity index (χ2n) is 10.3. The Morgan fingerprint density at radius 1 is 0.457 bits per heavy atom. The molecular formula is C30H50Br2N2S. The maximum Gasteiger partial charge on any atom is 0.115 e. The fourth-order valence-electron chi connectivity index (χ4n) is 4.91. The molecule has 0 aromatic carbocycles. The number of hydrogen-bond acceptors (Lipinski definition) is 3. The summed E-state index contributed by atoms with van der Waals surface area (Å²) in [5.74, 6) is 0. The van der Waals surface area contributed by atoms with Crippen LogP contribution in [0.2, 0.25) is 0 Å². The second-order valence-corrected chi connectivity index (χ2v) is 14.0. The lowest BCUT2D eigenvalue weighted by Gasteiger charge is -2.10. The van der Waals surface area contributed by atoms with Gasteiger partial charge >= 0.3 is 0 Å². The molecule has 2 aromatic heterocycles. The van der Waals surface area contributed by atoms with E-state index in [2.05, 4.69) is 45.7 Å². The van der Waals surface area contributed by atoms with Gasteiger partial charge in [-0.3, -0.25) is 0 Å². The Kier molecular flexibility index (Phi) is 17.9. The Labute approximate surface area is 237 Å². The van der Waals surface area contributed by atoms with E-state index in [9.17, 15) is 0 Å². The Morgan fingerprint density at radius 3 is 1.06 bits per heavy atom. The number of aromatic nitrogens is 2. The van der Waals surface area contributed by atoms with Crippen LogP contribution in [0, 0.1) is 0 Å². The molecule has 0 atom stereocenters. The van der Waals surface area contributed by atoms with E-state index in [1.807, 2.05) is 0 Å². The number of unbranched alkanes of at least 4 members (excludes halogenated alkanes) is 18. The van der Waals surface area contributed by atoms with Crippen molar-refractivity contribution >= 4 is 54.2 Å². The van der Waals surface area contributed by atoms with Gasteiger partial charge in [-0.1, -0.05) is 129 Å². The Bertz CT molecular complexity index is 741. The molecule has 0 unspecified atom stereocenters. The first-order valence-corrected chi connectivity index (χ1v) is 17.2. The zero-order valence-electron chi connectivity index (χ0n) is 22.6. The number of nitrogens with zero attached hydrogens (tertiary/aromatic N) is 2. The maximum absolute atomic E-state index is 5.11. The van der Waals surface area contributed by atoms with Gasteiger partial charge in [0.1, 0.15) is 11.0 Å². The molecule has 0 N–H and O–H groups in total. The molecule has 200 valence electrons. The van der Waals surface area contributed by atoms with Gasteiger partial charge in [0.05, 0.1) is 19.0 Å². The van der Waals surface area contributed by atoms with Crippen molar-refractivity contribution < 1.29 is 0 Å². The first-order chi connectivity index (χ1) is 17.2. The predicted molar refractivity (Wildman–Crippen MR) is 164 cm³/mol. The summed E-state index contributed by atoms with van der Waals surface area (Å²) in [5.41, 5.74) is 4.57. The molecule has 2 heterocycles. The molecule has 0 spiro atoms. The van der Waals surface area contributed by atoms with E-state index in [1.165, 1.54) is 140 Å². The van der Waals surface area contributed by atoms with Gasteiger partial charge in [-0.05, 0) is 57.5 Å². The molecule has 0 saturated carbocycles. The van der Waals surface area contributed by atoms with Gasteiger partial charge in [0.25, 0.3) is 0 Å². The van der Waals surface area contributed by atoms with Crippen molar-refractivity contribution in [2.24, 2.45) is 0 Å². The summed E-state index contributed by atoms with van der Waals surface area (Å²) in [6, 6.07) is 0. The zero-order valence-corrected chi connectivity index (χ0v) is 26.6. The smallest absolute Gasteiger partial charge is 0.115 e. The lowest BCUT2D eigenvalue weighted by Crippen LogP contribution is -2.03. The third-order valence-electron chi connectivity index (χ3n) is 7.14. The molecule has 2 rings (SSSR count). The minimum atomic E-state index is 1.04. The van der Waals surface area contributed by atoms with Crippen molar-refractivity contribution in [3.63, 3.8) is 0 Å². The molecule has 35 heavy (non-hydrogen) atoms. The van der Waals surface area contributed by atoms with Crippen molar-refractivity contribution in [2.75, 3.05) is 0 Å². The van der Waals surface area contributed by atoms with E-state index in [1.54, 1.807) is 11.3 Å². The number of fused-ring (bicyclic) bond motifs is 1. The average Bonchev–Trinajstić information content (AvgIpc) is 3.13. The summed E-state index contributed by atoms with van der Waals surface area (Å²) in [5, 5.41) is 0. The minimum Gasteiger partial charge on any atom is -0.247 e. The van der Waals surface area contributed by atoms with Crippen LogP contribution in [-0.2, 0) is 12.8 Å². The molecule has 0 aliphatic heterocycles. The normalized spacial score (nSPS) is 11.7. The van der Waals surface area contributed by atoms with Crippen LogP contribution in [-0.4, -0.2) is 9.97 Å². The molecule has 0 fully saturated rings. The van der Waals surface area contributed by atoms with Crippen molar-refractivity contribution in [2.45, 2.75) is 155 Å². The molecular weight excluding hydrogens is 580 g/mol. The molecule has 0 aliphatic rings. The van der Waals surface area contributed by atoms with Crippen LogP contribution in [0.5, 0.6) is 0 Å². The molecule has 2 aromatic rings. The summed E-state index contributed by atoms with van der Waals surface area (Å²) < 4.78 is 2.20. The van der Waals surface area contributed by atoms with E-state index in [0.29, 0.717) is 0 Å². The largest absolute Gasteiger partial charge is 0.247 e. The molecule has 0 radical (unpaired) electrons. The summed E-state index contributed by atoms with van der Waals surface area (Å²) in [6.07, 6.45) is 29.7. The number of hydrogen-bond donors (Lipinski definition) is 0. The monoisotopic (exact) mass is 628 g/mol. The Balaban J connectivity index is 1.74. The molecule has 0 bridgehead atoms. The SMILES string of the molecule is CCCCCCCCCCCCc1nc2c(Br)sc(Br)c2nc1CCCCCCCCCCCC. The summed E-state index contributed by atoms with van der Waals surface area (Å²) in [4.78, 5) is 10.2. The molecule has 5 heteroatoms. The van der Waals surface area contributed by atoms with E-state index >= 15 is 0 Å². The van der Waals surface area contributed by atoms with Crippen molar-refractivity contribution in [3.05, 3.63) is 19.0 Å². The highest BCUT2D eigenvalue weighted by Crippen LogP contribution is 2.37. The van der Waals surface area contributed by atoms with Crippen LogP contribution < -0.4 is 0 Å². The van der Waals surface area contributed by atoms with Crippen LogP contribution in [0.4, 0.5) is 0 Å². The highest BCUT2D eigenvalue weighted by Gasteiger charge is 2.15. The first kappa shape index (κ1) is 31.2. The molecule has 0 amide bonds. The van der Waals surface area contributed by atoms with E-state index < -0.39 is 0 Å². The van der Waals surface area contributed by atoms with Gasteiger partial charge in [0, 0.05) is 0 Å². The van der Waals surface area contributed by atoms with Crippen LogP contribution in [0.25, 0.3) is 11.0 Å². The Hall–Kier alpha value is -0.000000000000000167. The van der Waals surface area contributed by atoms with E-state index in [4.69, 9.17) is 9.97 Å². The van der Waals surface area contributed by atoms with Gasteiger partial charge in [-0.2, -0.15) is 0 Å². The van der Waals surface area contributed by atoms with Crippen LogP contribution in [0.1, 0.15) is 154 Å². The van der Waals surface area contributed by atoms with Crippen LogP contribution in [0.3, 0.4) is 0 Å². The van der Waals surface area contributed by atoms with Gasteiger partial charge in [0.15, 0.2) is 0 Å². The van der Waals surface area contributed by atoms with E-state index in [-0.39, 0.29) is 0 Å². The third-order valence-corrected chi connectivity index (χ3v) is 9.60. The number of thiophene rings is 1. The van der Waals surface area contributed by atoms with Gasteiger partial charge < -0.3 is 0 Å². The molecule has 0 aliphatic carbocycles. The lowest BCUT2D eigenvalue weighted by atomic mass is 10.0. The standard InChI is InChI=1S/C30H50Br2N2S/c1-3-5-7-9-11-13-15-17-19-21-23-25-26(34-28-27(33-25)29(31)35-30(28)32)24-22-20-18-16-14-12-10-8-6-4-2/h3-24H2,1-2H3. The predicted octanol–water partition coefficient (Wildman–Crippen LogP) is 12.1. The minimum absolute atomic E-state index is 1.04. The van der Waals surface area contributed by atoms with E-state index in [0.717, 1.165) is 31.4 Å². The topological polar surface area (TPSA) is 25.8 Å². The van der Waals surface area contributed by atoms with Gasteiger partial charge in [-0.15, -0.1) is 11.3 Å². The first-order valence-electron chi connectivity index (χ1n) is 14.8. The maximum atomic E-state index is 5.11. The van der Waals surface area contributed by atoms with Crippen molar-refractivity contribution in [3.8, 4) is 0 Å².